The Labute approximate surface area is 322 Å². The number of halogens is 1. The molecule has 2 saturated heterocycles. The first-order valence-electron chi connectivity index (χ1n) is 17.7. The molecule has 6 rings (SSSR count). The van der Waals surface area contributed by atoms with Gasteiger partial charge in [0.1, 0.15) is 28.3 Å². The summed E-state index contributed by atoms with van der Waals surface area (Å²) in [7, 11) is 0. The summed E-state index contributed by atoms with van der Waals surface area (Å²) in [4.78, 5) is 69.3. The predicted molar refractivity (Wildman–Crippen MR) is 202 cm³/mol. The van der Waals surface area contributed by atoms with Gasteiger partial charge in [0.25, 0.3) is 11.8 Å². The van der Waals surface area contributed by atoms with E-state index in [-0.39, 0.29) is 35.9 Å². The van der Waals surface area contributed by atoms with Crippen LogP contribution in [0.15, 0.2) is 102 Å². The highest BCUT2D eigenvalue weighted by atomic mass is 32.2. The van der Waals surface area contributed by atoms with Gasteiger partial charge < -0.3 is 29.2 Å². The molecule has 3 aromatic rings. The zero-order chi connectivity index (χ0) is 39.7. The number of rotatable bonds is 8. The molecule has 3 heterocycles. The first-order chi connectivity index (χ1) is 26.0. The molecule has 3 aliphatic heterocycles. The molecule has 2 fully saturated rings. The number of allylic oxidation sites excluding steroid dienone is 1. The van der Waals surface area contributed by atoms with Gasteiger partial charge >= 0.3 is 18.2 Å². The number of nitrogens with one attached hydrogen (secondary N) is 1. The maximum atomic E-state index is 15.1. The molecule has 0 bridgehead atoms. The van der Waals surface area contributed by atoms with Crippen molar-refractivity contribution in [2.24, 2.45) is 0 Å². The molecule has 0 radical (unpaired) electrons. The van der Waals surface area contributed by atoms with Gasteiger partial charge in [0.15, 0.2) is 17.7 Å². The number of esters is 1. The second-order valence-electron chi connectivity index (χ2n) is 15.1. The number of hydrogen-bond acceptors (Lipinski definition) is 10. The minimum atomic E-state index is -1.07. The van der Waals surface area contributed by atoms with Gasteiger partial charge in [-0.15, -0.1) is 11.8 Å². The Morgan fingerprint density at radius 2 is 1.51 bits per heavy atom. The van der Waals surface area contributed by atoms with Crippen LogP contribution >= 0.6 is 11.8 Å². The van der Waals surface area contributed by atoms with Crippen LogP contribution in [0.2, 0.25) is 0 Å². The summed E-state index contributed by atoms with van der Waals surface area (Å²) in [5.74, 6) is -2.78. The molecule has 2 atom stereocenters. The number of amides is 3. The summed E-state index contributed by atoms with van der Waals surface area (Å²) in [5, 5.41) is 1.99. The molecule has 0 unspecified atom stereocenters. The lowest BCUT2D eigenvalue weighted by Gasteiger charge is -2.49. The second kappa shape index (κ2) is 15.6. The van der Waals surface area contributed by atoms with Crippen molar-refractivity contribution >= 4 is 47.5 Å². The third-order valence-electron chi connectivity index (χ3n) is 8.58. The van der Waals surface area contributed by atoms with Crippen molar-refractivity contribution in [2.75, 3.05) is 17.2 Å². The maximum absolute atomic E-state index is 15.1. The maximum Gasteiger partial charge on any atom is 0.514 e. The predicted octanol–water partition coefficient (Wildman–Crippen LogP) is 7.20. The fraction of sp³-hybridized carbons (Fsp3) is 0.341. The number of fused-ring (bicyclic) bond motifs is 1. The van der Waals surface area contributed by atoms with Crippen LogP contribution in [0.1, 0.15) is 65.2 Å². The summed E-state index contributed by atoms with van der Waals surface area (Å²) < 4.78 is 36.8. The lowest BCUT2D eigenvalue weighted by atomic mass is 10.00. The number of anilines is 1. The highest BCUT2D eigenvalue weighted by Crippen LogP contribution is 2.43. The second-order valence-corrected chi connectivity index (χ2v) is 16.2. The van der Waals surface area contributed by atoms with Gasteiger partial charge in [-0.2, -0.15) is 0 Å². The normalized spacial score (nSPS) is 19.2. The number of benzene rings is 3. The van der Waals surface area contributed by atoms with Crippen LogP contribution in [0, 0.1) is 5.82 Å². The minimum absolute atomic E-state index is 0.0405. The first-order valence-corrected chi connectivity index (χ1v) is 18.7. The smallest absolute Gasteiger partial charge is 0.448 e. The van der Waals surface area contributed by atoms with Crippen LogP contribution in [0.5, 0.6) is 5.75 Å². The van der Waals surface area contributed by atoms with Gasteiger partial charge in [-0.05, 0) is 82.9 Å². The Morgan fingerprint density at radius 3 is 2.09 bits per heavy atom. The zero-order valence-electron chi connectivity index (χ0n) is 31.3. The quantitative estimate of drug-likeness (QED) is 0.0822. The lowest BCUT2D eigenvalue weighted by molar-refractivity contribution is -0.153. The van der Waals surface area contributed by atoms with E-state index < -0.39 is 64.6 Å². The van der Waals surface area contributed by atoms with Gasteiger partial charge in [0.05, 0.1) is 0 Å². The van der Waals surface area contributed by atoms with Gasteiger partial charge in [0.2, 0.25) is 0 Å². The molecule has 55 heavy (non-hydrogen) atoms. The number of β-lactam (4-membered cyclic amide) rings is 1. The summed E-state index contributed by atoms with van der Waals surface area (Å²) in [6.45, 7) is 10.3. The van der Waals surface area contributed by atoms with Crippen molar-refractivity contribution in [3.63, 3.8) is 0 Å². The van der Waals surface area contributed by atoms with Crippen LogP contribution in [0.25, 0.3) is 0 Å². The van der Waals surface area contributed by atoms with Gasteiger partial charge in [-0.25, -0.2) is 18.8 Å². The molecule has 0 aromatic heterocycles. The standard InChI is InChI=1S/C41H42FN3O9S/c1-40(2,3)53-38(49)43-31-35(47)45-32(37(48)52-33(24-13-9-7-10-14-24)25-15-11-8-12-16-25)27(23-55-36(31)45)21-26-19-20-44(34(26)46)28-17-18-30(29(42)22-28)51-39(50)54-41(4,5)6/h7-18,21-22,31,33,36H,19-20,23H2,1-6H3,(H,43,49)/b26-21+/t31-,36-/m1/s1. The molecule has 0 saturated carbocycles. The summed E-state index contributed by atoms with van der Waals surface area (Å²) in [6.07, 6.45) is -0.817. The number of nitrogens with zero attached hydrogens (tertiary/aromatic N) is 2. The van der Waals surface area contributed by atoms with Crippen LogP contribution < -0.4 is 15.0 Å². The molecule has 3 aromatic carbocycles. The average Bonchev–Trinajstić information content (AvgIpc) is 3.48. The van der Waals surface area contributed by atoms with E-state index >= 15 is 4.39 Å². The summed E-state index contributed by atoms with van der Waals surface area (Å²) in [6, 6.07) is 21.2. The number of alkyl carbamates (subject to hydrolysis) is 1. The van der Waals surface area contributed by atoms with Crippen LogP contribution in [-0.4, -0.2) is 69.8 Å². The topological polar surface area (TPSA) is 141 Å². The third kappa shape index (κ3) is 9.02. The van der Waals surface area contributed by atoms with E-state index in [0.717, 1.165) is 6.07 Å². The van der Waals surface area contributed by atoms with Crippen LogP contribution in [0.4, 0.5) is 19.7 Å². The van der Waals surface area contributed by atoms with Gasteiger partial charge in [0, 0.05) is 29.6 Å². The van der Waals surface area contributed by atoms with E-state index in [9.17, 15) is 24.0 Å². The van der Waals surface area contributed by atoms with Crippen LogP contribution in [0.3, 0.4) is 0 Å². The fourth-order valence-electron chi connectivity index (χ4n) is 6.23. The van der Waals surface area contributed by atoms with Gasteiger partial charge in [-0.3, -0.25) is 14.5 Å². The van der Waals surface area contributed by atoms with Crippen LogP contribution in [-0.2, 0) is 28.6 Å². The Kier molecular flexibility index (Phi) is 11.1. The zero-order valence-corrected chi connectivity index (χ0v) is 32.1. The molecule has 3 aliphatic rings. The van der Waals surface area contributed by atoms with Crippen molar-refractivity contribution in [2.45, 2.75) is 76.7 Å². The highest BCUT2D eigenvalue weighted by molar-refractivity contribution is 8.00. The van der Waals surface area contributed by atoms with E-state index in [1.807, 2.05) is 60.7 Å². The molecule has 0 spiro atoms. The number of ether oxygens (including phenoxy) is 4. The fourth-order valence-corrected chi connectivity index (χ4v) is 7.54. The molecular weight excluding hydrogens is 730 g/mol. The van der Waals surface area contributed by atoms with Crippen molar-refractivity contribution in [3.8, 4) is 5.75 Å². The molecule has 3 amide bonds. The van der Waals surface area contributed by atoms with E-state index in [1.54, 1.807) is 47.6 Å². The third-order valence-corrected chi connectivity index (χ3v) is 9.88. The highest BCUT2D eigenvalue weighted by Gasteiger charge is 2.55. The number of hydrogen-bond donors (Lipinski definition) is 1. The van der Waals surface area contributed by atoms with E-state index in [1.165, 1.54) is 33.7 Å². The largest absolute Gasteiger partial charge is 0.514 e. The molecule has 1 N–H and O–H groups in total. The molecule has 288 valence electrons. The Bertz CT molecular complexity index is 2020. The number of carbonyl (C=O) groups excluding carboxylic acids is 5. The minimum Gasteiger partial charge on any atom is -0.448 e. The molecular formula is C41H42FN3O9S. The summed E-state index contributed by atoms with van der Waals surface area (Å²) >= 11 is 1.32. The van der Waals surface area contributed by atoms with E-state index in [0.29, 0.717) is 22.3 Å². The van der Waals surface area contributed by atoms with E-state index in [2.05, 4.69) is 5.32 Å². The Balaban J connectivity index is 1.30. The SMILES string of the molecule is CC(C)(C)OC(=O)N[C@@H]1C(=O)N2C(C(=O)OC(c3ccccc3)c3ccccc3)=C(/C=C3\CCN(c4ccc(OC(=O)OC(C)(C)C)c(F)c4)C3=O)CS[C@H]12. The monoisotopic (exact) mass is 771 g/mol. The summed E-state index contributed by atoms with van der Waals surface area (Å²) in [5.41, 5.74) is 0.686. The lowest BCUT2D eigenvalue weighted by Crippen LogP contribution is -2.70. The Morgan fingerprint density at radius 1 is 0.891 bits per heavy atom. The van der Waals surface area contributed by atoms with Crippen molar-refractivity contribution in [1.82, 2.24) is 10.2 Å². The average molecular weight is 772 g/mol. The molecule has 14 heteroatoms. The number of carbonyl (C=O) groups is 5. The molecule has 12 nitrogen and oxygen atoms in total. The van der Waals surface area contributed by atoms with Gasteiger partial charge in [-0.1, -0.05) is 60.7 Å². The van der Waals surface area contributed by atoms with Crippen molar-refractivity contribution in [3.05, 3.63) is 119 Å². The van der Waals surface area contributed by atoms with E-state index in [4.69, 9.17) is 18.9 Å². The Hall–Kier alpha value is -5.63. The van der Waals surface area contributed by atoms with Crippen molar-refractivity contribution in [1.29, 1.82) is 0 Å². The van der Waals surface area contributed by atoms with Crippen molar-refractivity contribution < 1.29 is 47.3 Å². The molecule has 0 aliphatic carbocycles. The first kappa shape index (κ1) is 39.1. The number of thioether (sulfide) groups is 1.